The van der Waals surface area contributed by atoms with Gasteiger partial charge in [-0.15, -0.1) is 0 Å². The van der Waals surface area contributed by atoms with Crippen molar-refractivity contribution in [2.24, 2.45) is 5.73 Å². The Kier molecular flexibility index (Phi) is 4.49. The fraction of sp³-hybridized carbons (Fsp3) is 0.455. The van der Waals surface area contributed by atoms with E-state index in [0.717, 1.165) is 6.42 Å². The number of hydrogen-bond donors (Lipinski definition) is 2. The fourth-order valence-electron chi connectivity index (χ4n) is 1.35. The standard InChI is InChI=1S/C11H16N2O2S/c1-3-8(6-10(12)16)13-11(14)9-5-4-7(2)15-9/h4-5,8H,3,6H2,1-2H3,(H2,12,16)(H,13,14). The van der Waals surface area contributed by atoms with E-state index in [1.54, 1.807) is 19.1 Å². The summed E-state index contributed by atoms with van der Waals surface area (Å²) in [5.41, 5.74) is 5.44. The van der Waals surface area contributed by atoms with Gasteiger partial charge in [0.05, 0.1) is 4.99 Å². The molecular formula is C11H16N2O2S. The van der Waals surface area contributed by atoms with Crippen LogP contribution >= 0.6 is 12.2 Å². The SMILES string of the molecule is CCC(CC(N)=S)NC(=O)c1ccc(C)o1. The van der Waals surface area contributed by atoms with Crippen molar-refractivity contribution >= 4 is 23.1 Å². The van der Waals surface area contributed by atoms with Crippen LogP contribution in [0.5, 0.6) is 0 Å². The number of thiocarbonyl (C=S) groups is 1. The highest BCUT2D eigenvalue weighted by Crippen LogP contribution is 2.07. The smallest absolute Gasteiger partial charge is 0.287 e. The van der Waals surface area contributed by atoms with E-state index in [1.165, 1.54) is 0 Å². The molecule has 4 nitrogen and oxygen atoms in total. The monoisotopic (exact) mass is 240 g/mol. The van der Waals surface area contributed by atoms with Crippen LogP contribution in [0.4, 0.5) is 0 Å². The van der Waals surface area contributed by atoms with Gasteiger partial charge in [0.1, 0.15) is 5.76 Å². The first-order valence-corrected chi connectivity index (χ1v) is 5.59. The second kappa shape index (κ2) is 5.65. The van der Waals surface area contributed by atoms with Crippen LogP contribution in [-0.4, -0.2) is 16.9 Å². The van der Waals surface area contributed by atoms with Crippen LogP contribution in [0.1, 0.15) is 36.1 Å². The highest BCUT2D eigenvalue weighted by atomic mass is 32.1. The minimum atomic E-state index is -0.226. The molecular weight excluding hydrogens is 224 g/mol. The third-order valence-corrected chi connectivity index (χ3v) is 2.41. The Morgan fingerprint density at radius 3 is 2.75 bits per heavy atom. The van der Waals surface area contributed by atoms with E-state index in [4.69, 9.17) is 22.4 Å². The molecule has 0 aliphatic rings. The highest BCUT2D eigenvalue weighted by Gasteiger charge is 2.15. The molecule has 0 aliphatic carbocycles. The summed E-state index contributed by atoms with van der Waals surface area (Å²) in [6.45, 7) is 3.76. The van der Waals surface area contributed by atoms with E-state index in [0.29, 0.717) is 22.9 Å². The lowest BCUT2D eigenvalue weighted by molar-refractivity contribution is 0.0908. The van der Waals surface area contributed by atoms with Gasteiger partial charge < -0.3 is 15.5 Å². The van der Waals surface area contributed by atoms with Crippen molar-refractivity contribution in [1.82, 2.24) is 5.32 Å². The number of aryl methyl sites for hydroxylation is 1. The van der Waals surface area contributed by atoms with Gasteiger partial charge in [-0.2, -0.15) is 0 Å². The Morgan fingerprint density at radius 1 is 1.62 bits per heavy atom. The molecule has 0 aliphatic heterocycles. The Morgan fingerprint density at radius 2 is 2.31 bits per heavy atom. The molecule has 3 N–H and O–H groups in total. The van der Waals surface area contributed by atoms with Crippen molar-refractivity contribution in [2.45, 2.75) is 32.7 Å². The maximum Gasteiger partial charge on any atom is 0.287 e. The third kappa shape index (κ3) is 3.66. The summed E-state index contributed by atoms with van der Waals surface area (Å²) in [5, 5.41) is 2.83. The molecule has 1 heterocycles. The molecule has 0 saturated heterocycles. The normalized spacial score (nSPS) is 12.1. The number of furan rings is 1. The predicted molar refractivity (Wildman–Crippen MR) is 66.4 cm³/mol. The first kappa shape index (κ1) is 12.7. The van der Waals surface area contributed by atoms with Crippen molar-refractivity contribution in [3.63, 3.8) is 0 Å². The maximum absolute atomic E-state index is 11.7. The fourth-order valence-corrected chi connectivity index (χ4v) is 1.55. The molecule has 0 aromatic carbocycles. The van der Waals surface area contributed by atoms with E-state index < -0.39 is 0 Å². The van der Waals surface area contributed by atoms with Crippen molar-refractivity contribution in [3.8, 4) is 0 Å². The first-order valence-electron chi connectivity index (χ1n) is 5.18. The van der Waals surface area contributed by atoms with Gasteiger partial charge in [0.15, 0.2) is 5.76 Å². The Hall–Kier alpha value is -1.36. The van der Waals surface area contributed by atoms with Crippen LogP contribution in [0.15, 0.2) is 16.5 Å². The van der Waals surface area contributed by atoms with E-state index in [1.807, 2.05) is 6.92 Å². The van der Waals surface area contributed by atoms with E-state index in [-0.39, 0.29) is 11.9 Å². The second-order valence-electron chi connectivity index (χ2n) is 3.66. The highest BCUT2D eigenvalue weighted by molar-refractivity contribution is 7.80. The van der Waals surface area contributed by atoms with Crippen LogP contribution < -0.4 is 11.1 Å². The number of nitrogens with two attached hydrogens (primary N) is 1. The van der Waals surface area contributed by atoms with Gasteiger partial charge in [0.25, 0.3) is 5.91 Å². The Balaban J connectivity index is 2.58. The molecule has 0 saturated carbocycles. The summed E-state index contributed by atoms with van der Waals surface area (Å²) < 4.78 is 5.22. The summed E-state index contributed by atoms with van der Waals surface area (Å²) in [7, 11) is 0. The summed E-state index contributed by atoms with van der Waals surface area (Å²) in [5.74, 6) is 0.808. The molecule has 5 heteroatoms. The summed E-state index contributed by atoms with van der Waals surface area (Å²) in [4.78, 5) is 12.1. The van der Waals surface area contributed by atoms with Crippen LogP contribution in [0.25, 0.3) is 0 Å². The zero-order valence-corrected chi connectivity index (χ0v) is 10.3. The average Bonchev–Trinajstić information content (AvgIpc) is 2.63. The van der Waals surface area contributed by atoms with Gasteiger partial charge in [-0.05, 0) is 25.5 Å². The largest absolute Gasteiger partial charge is 0.456 e. The molecule has 1 aromatic rings. The summed E-state index contributed by atoms with van der Waals surface area (Å²) in [6.07, 6.45) is 1.29. The summed E-state index contributed by atoms with van der Waals surface area (Å²) in [6, 6.07) is 3.37. The van der Waals surface area contributed by atoms with Crippen molar-refractivity contribution in [1.29, 1.82) is 0 Å². The Bertz CT molecular complexity index is 387. The molecule has 1 amide bonds. The van der Waals surface area contributed by atoms with Crippen LogP contribution in [0.3, 0.4) is 0 Å². The quantitative estimate of drug-likeness (QED) is 0.770. The van der Waals surface area contributed by atoms with E-state index >= 15 is 0 Å². The molecule has 1 aromatic heterocycles. The molecule has 0 fully saturated rings. The molecule has 0 spiro atoms. The van der Waals surface area contributed by atoms with Crippen LogP contribution in [-0.2, 0) is 0 Å². The van der Waals surface area contributed by atoms with Gasteiger partial charge in [-0.25, -0.2) is 0 Å². The van der Waals surface area contributed by atoms with Crippen molar-refractivity contribution < 1.29 is 9.21 Å². The van der Waals surface area contributed by atoms with E-state index in [2.05, 4.69) is 5.32 Å². The number of hydrogen-bond acceptors (Lipinski definition) is 3. The maximum atomic E-state index is 11.7. The zero-order chi connectivity index (χ0) is 12.1. The lowest BCUT2D eigenvalue weighted by Gasteiger charge is -2.14. The molecule has 1 unspecified atom stereocenters. The molecule has 1 atom stereocenters. The lowest BCUT2D eigenvalue weighted by Crippen LogP contribution is -2.36. The molecule has 0 bridgehead atoms. The van der Waals surface area contributed by atoms with Crippen LogP contribution in [0, 0.1) is 6.92 Å². The molecule has 0 radical (unpaired) electrons. The second-order valence-corrected chi connectivity index (χ2v) is 4.18. The minimum absolute atomic E-state index is 0.0320. The average molecular weight is 240 g/mol. The predicted octanol–water partition coefficient (Wildman–Crippen LogP) is 1.77. The van der Waals surface area contributed by atoms with E-state index in [9.17, 15) is 4.79 Å². The van der Waals surface area contributed by atoms with Gasteiger partial charge in [0.2, 0.25) is 0 Å². The van der Waals surface area contributed by atoms with Gasteiger partial charge in [-0.3, -0.25) is 4.79 Å². The van der Waals surface area contributed by atoms with Gasteiger partial charge in [-0.1, -0.05) is 19.1 Å². The number of carbonyl (C=O) groups excluding carboxylic acids is 1. The summed E-state index contributed by atoms with van der Waals surface area (Å²) >= 11 is 4.81. The third-order valence-electron chi connectivity index (χ3n) is 2.24. The van der Waals surface area contributed by atoms with Gasteiger partial charge in [0, 0.05) is 12.5 Å². The first-order chi connectivity index (χ1) is 7.52. The van der Waals surface area contributed by atoms with Crippen molar-refractivity contribution in [2.75, 3.05) is 0 Å². The molecule has 16 heavy (non-hydrogen) atoms. The van der Waals surface area contributed by atoms with Crippen LogP contribution in [0.2, 0.25) is 0 Å². The number of rotatable bonds is 5. The topological polar surface area (TPSA) is 68.3 Å². The van der Waals surface area contributed by atoms with Gasteiger partial charge >= 0.3 is 0 Å². The molecule has 88 valence electrons. The number of nitrogens with one attached hydrogen (secondary N) is 1. The Labute approximate surface area is 100 Å². The zero-order valence-electron chi connectivity index (χ0n) is 9.45. The minimum Gasteiger partial charge on any atom is -0.456 e. The number of carbonyl (C=O) groups is 1. The molecule has 1 rings (SSSR count). The van der Waals surface area contributed by atoms with Crippen molar-refractivity contribution in [3.05, 3.63) is 23.7 Å². The lowest BCUT2D eigenvalue weighted by atomic mass is 10.1. The number of amides is 1.